The van der Waals surface area contributed by atoms with E-state index in [-0.39, 0.29) is 17.4 Å². The van der Waals surface area contributed by atoms with E-state index in [0.717, 1.165) is 12.3 Å². The Morgan fingerprint density at radius 2 is 1.70 bits per heavy atom. The van der Waals surface area contributed by atoms with Crippen molar-refractivity contribution < 1.29 is 18.0 Å². The van der Waals surface area contributed by atoms with E-state index in [1.54, 1.807) is 18.2 Å². The molecule has 5 nitrogen and oxygen atoms in total. The number of nitrogens with one attached hydrogen (secondary N) is 1. The summed E-state index contributed by atoms with van der Waals surface area (Å²) in [6, 6.07) is 5.86. The van der Waals surface area contributed by atoms with Crippen LogP contribution in [0.1, 0.15) is 12.0 Å². The molecule has 2 aromatic rings. The molecule has 1 aromatic carbocycles. The van der Waals surface area contributed by atoms with E-state index in [2.05, 4.69) is 15.2 Å². The van der Waals surface area contributed by atoms with Gasteiger partial charge in [-0.15, -0.1) is 0 Å². The zero-order valence-corrected chi connectivity index (χ0v) is 17.9. The van der Waals surface area contributed by atoms with Crippen LogP contribution in [0.5, 0.6) is 0 Å². The summed E-state index contributed by atoms with van der Waals surface area (Å²) >= 11 is 18.1. The zero-order chi connectivity index (χ0) is 21.9. The minimum absolute atomic E-state index is 0.0331. The average molecular weight is 482 g/mol. The van der Waals surface area contributed by atoms with Gasteiger partial charge in [0.05, 0.1) is 26.3 Å². The summed E-state index contributed by atoms with van der Waals surface area (Å²) in [5.74, 6) is 0.121. The highest BCUT2D eigenvalue weighted by atomic mass is 35.5. The number of aromatic nitrogens is 1. The Morgan fingerprint density at radius 1 is 1.07 bits per heavy atom. The van der Waals surface area contributed by atoms with E-state index in [4.69, 9.17) is 34.8 Å². The van der Waals surface area contributed by atoms with Gasteiger partial charge in [-0.3, -0.25) is 9.69 Å². The Morgan fingerprint density at radius 3 is 2.27 bits per heavy atom. The van der Waals surface area contributed by atoms with Crippen LogP contribution in [0.3, 0.4) is 0 Å². The lowest BCUT2D eigenvalue weighted by atomic mass is 10.2. The molecule has 1 aliphatic heterocycles. The zero-order valence-electron chi connectivity index (χ0n) is 15.6. The second kappa shape index (κ2) is 9.60. The molecule has 162 valence electrons. The van der Waals surface area contributed by atoms with Crippen LogP contribution in [0.4, 0.5) is 24.7 Å². The number of anilines is 2. The van der Waals surface area contributed by atoms with Crippen molar-refractivity contribution in [2.24, 2.45) is 0 Å². The van der Waals surface area contributed by atoms with Crippen molar-refractivity contribution in [1.29, 1.82) is 0 Å². The highest BCUT2D eigenvalue weighted by Crippen LogP contribution is 2.34. The quantitative estimate of drug-likeness (QED) is 0.637. The molecule has 0 unspecified atom stereocenters. The van der Waals surface area contributed by atoms with Gasteiger partial charge in [0.2, 0.25) is 5.91 Å². The Bertz CT molecular complexity index is 898. The number of piperazine rings is 1. The predicted molar refractivity (Wildman–Crippen MR) is 113 cm³/mol. The Hall–Kier alpha value is -1.74. The second-order valence-electron chi connectivity index (χ2n) is 6.75. The molecule has 0 spiro atoms. The minimum Gasteiger partial charge on any atom is -0.353 e. The Labute approximate surface area is 186 Å². The molecule has 2 heterocycles. The molecule has 1 saturated heterocycles. The van der Waals surface area contributed by atoms with Gasteiger partial charge in [0.15, 0.2) is 0 Å². The summed E-state index contributed by atoms with van der Waals surface area (Å²) in [4.78, 5) is 20.0. The van der Waals surface area contributed by atoms with Crippen molar-refractivity contribution in [3.05, 3.63) is 51.1 Å². The van der Waals surface area contributed by atoms with Crippen LogP contribution in [-0.2, 0) is 11.0 Å². The molecule has 0 radical (unpaired) electrons. The van der Waals surface area contributed by atoms with Crippen molar-refractivity contribution in [3.8, 4) is 0 Å². The fourth-order valence-corrected chi connectivity index (χ4v) is 3.86. The summed E-state index contributed by atoms with van der Waals surface area (Å²) in [5, 5.41) is 3.42. The summed E-state index contributed by atoms with van der Waals surface area (Å²) in [7, 11) is 0. The van der Waals surface area contributed by atoms with Gasteiger partial charge >= 0.3 is 6.18 Å². The van der Waals surface area contributed by atoms with Crippen molar-refractivity contribution >= 4 is 52.2 Å². The van der Waals surface area contributed by atoms with Crippen LogP contribution >= 0.6 is 34.8 Å². The van der Waals surface area contributed by atoms with Gasteiger partial charge in [0, 0.05) is 45.3 Å². The summed E-state index contributed by atoms with van der Waals surface area (Å²) < 4.78 is 38.3. The van der Waals surface area contributed by atoms with Gasteiger partial charge in [-0.05, 0) is 18.2 Å². The predicted octanol–water partition coefficient (Wildman–Crippen LogP) is 5.21. The van der Waals surface area contributed by atoms with Crippen molar-refractivity contribution in [1.82, 2.24) is 9.88 Å². The summed E-state index contributed by atoms with van der Waals surface area (Å²) in [5.41, 5.74) is -0.488. The fraction of sp³-hybridized carbons (Fsp3) is 0.368. The van der Waals surface area contributed by atoms with E-state index in [1.807, 2.05) is 4.90 Å². The van der Waals surface area contributed by atoms with Crippen LogP contribution in [0.15, 0.2) is 30.5 Å². The minimum atomic E-state index is -4.48. The smallest absolute Gasteiger partial charge is 0.353 e. The Balaban J connectivity index is 1.50. The number of carbonyl (C=O) groups excluding carboxylic acids is 1. The van der Waals surface area contributed by atoms with Crippen LogP contribution < -0.4 is 10.2 Å². The maximum Gasteiger partial charge on any atom is 0.417 e. The van der Waals surface area contributed by atoms with Crippen molar-refractivity contribution in [3.63, 3.8) is 0 Å². The van der Waals surface area contributed by atoms with E-state index in [9.17, 15) is 18.0 Å². The topological polar surface area (TPSA) is 48.5 Å². The molecule has 0 atom stereocenters. The number of hydrogen-bond donors (Lipinski definition) is 1. The molecular weight excluding hydrogens is 464 g/mol. The van der Waals surface area contributed by atoms with E-state index < -0.39 is 11.7 Å². The number of amides is 1. The monoisotopic (exact) mass is 480 g/mol. The van der Waals surface area contributed by atoms with E-state index >= 15 is 0 Å². The number of carbonyl (C=O) groups is 1. The number of pyridine rings is 1. The van der Waals surface area contributed by atoms with Crippen molar-refractivity contribution in [2.75, 3.05) is 42.9 Å². The molecule has 0 bridgehead atoms. The van der Waals surface area contributed by atoms with Gasteiger partial charge < -0.3 is 10.2 Å². The number of alkyl halides is 3. The third-order valence-corrected chi connectivity index (χ3v) is 5.61. The first-order valence-electron chi connectivity index (χ1n) is 9.09. The van der Waals surface area contributed by atoms with Crippen LogP contribution in [0.2, 0.25) is 15.1 Å². The highest BCUT2D eigenvalue weighted by Gasteiger charge is 2.32. The lowest BCUT2D eigenvalue weighted by Crippen LogP contribution is -2.47. The third kappa shape index (κ3) is 5.69. The maximum atomic E-state index is 12.8. The number of rotatable bonds is 5. The molecular formula is C19H18Cl3F3N4O. The first-order chi connectivity index (χ1) is 14.1. The van der Waals surface area contributed by atoms with Gasteiger partial charge in [0.1, 0.15) is 5.82 Å². The molecule has 30 heavy (non-hydrogen) atoms. The molecule has 1 aliphatic rings. The van der Waals surface area contributed by atoms with Crippen LogP contribution in [-0.4, -0.2) is 48.5 Å². The largest absolute Gasteiger partial charge is 0.417 e. The third-order valence-electron chi connectivity index (χ3n) is 4.70. The number of para-hydroxylation sites is 1. The van der Waals surface area contributed by atoms with Gasteiger partial charge in [-0.2, -0.15) is 13.2 Å². The summed E-state index contributed by atoms with van der Waals surface area (Å²) in [6.45, 7) is 2.85. The fourth-order valence-electron chi connectivity index (χ4n) is 3.08. The first kappa shape index (κ1) is 22.9. The van der Waals surface area contributed by atoms with E-state index in [0.29, 0.717) is 54.3 Å². The molecule has 11 heteroatoms. The average Bonchev–Trinajstić information content (AvgIpc) is 2.69. The maximum absolute atomic E-state index is 12.8. The lowest BCUT2D eigenvalue weighted by Gasteiger charge is -2.35. The number of halogens is 6. The molecule has 3 rings (SSSR count). The van der Waals surface area contributed by atoms with Gasteiger partial charge in [-0.25, -0.2) is 4.98 Å². The molecule has 1 fully saturated rings. The van der Waals surface area contributed by atoms with Crippen LogP contribution in [0.25, 0.3) is 0 Å². The van der Waals surface area contributed by atoms with E-state index in [1.165, 1.54) is 0 Å². The second-order valence-corrected chi connectivity index (χ2v) is 7.97. The number of nitrogens with zero attached hydrogens (tertiary/aromatic N) is 3. The van der Waals surface area contributed by atoms with Gasteiger partial charge in [-0.1, -0.05) is 40.9 Å². The standard InChI is InChI=1S/C19H18Cl3F3N4O/c20-13-2-1-3-14(21)17(13)27-16(30)4-5-28-6-8-29(9-7-28)18-15(22)10-12(11-26-18)19(23,24)25/h1-3,10-11H,4-9H2,(H,27,30). The lowest BCUT2D eigenvalue weighted by molar-refractivity contribution is -0.137. The molecule has 0 saturated carbocycles. The number of benzene rings is 1. The van der Waals surface area contributed by atoms with Crippen LogP contribution in [0, 0.1) is 0 Å². The van der Waals surface area contributed by atoms with Gasteiger partial charge in [0.25, 0.3) is 0 Å². The SMILES string of the molecule is O=C(CCN1CCN(c2ncc(C(F)(F)F)cc2Cl)CC1)Nc1c(Cl)cccc1Cl. The Kier molecular flexibility index (Phi) is 7.34. The molecule has 1 N–H and O–H groups in total. The normalized spacial score (nSPS) is 15.3. The highest BCUT2D eigenvalue weighted by molar-refractivity contribution is 6.39. The van der Waals surface area contributed by atoms with Crippen molar-refractivity contribution in [2.45, 2.75) is 12.6 Å². The molecule has 1 amide bonds. The number of hydrogen-bond acceptors (Lipinski definition) is 4. The summed E-state index contributed by atoms with van der Waals surface area (Å²) in [6.07, 6.45) is -3.44. The first-order valence-corrected chi connectivity index (χ1v) is 10.2. The molecule has 1 aromatic heterocycles. The molecule has 0 aliphatic carbocycles.